The smallest absolute Gasteiger partial charge is 0.253 e. The molecule has 2 fully saturated rings. The number of nitrogens with zero attached hydrogens (tertiary/aromatic N) is 6. The molecule has 5 heterocycles. The molecular weight excluding hydrogens is 626 g/mol. The lowest BCUT2D eigenvalue weighted by Gasteiger charge is -2.39. The van der Waals surface area contributed by atoms with Crippen molar-refractivity contribution in [3.8, 4) is 34.1 Å². The third kappa shape index (κ3) is 5.88. The molecule has 1 spiro atoms. The molecule has 50 heavy (non-hydrogen) atoms. The minimum atomic E-state index is -0.110. The third-order valence-electron chi connectivity index (χ3n) is 10.3. The summed E-state index contributed by atoms with van der Waals surface area (Å²) in [4.78, 5) is 43.3. The summed E-state index contributed by atoms with van der Waals surface area (Å²) in [7, 11) is 0. The number of nitrogen functional groups attached to an aromatic ring is 1. The number of hydrogen-bond acceptors (Lipinski definition) is 8. The number of nitrogens with two attached hydrogens (primary N) is 1. The van der Waals surface area contributed by atoms with E-state index in [4.69, 9.17) is 15.7 Å². The number of phenolic OH excluding ortho intramolecular Hbond substituents is 1. The van der Waals surface area contributed by atoms with E-state index in [2.05, 4.69) is 50.8 Å². The molecule has 0 saturated carbocycles. The quantitative estimate of drug-likeness (QED) is 0.188. The van der Waals surface area contributed by atoms with E-state index in [1.54, 1.807) is 12.3 Å². The van der Waals surface area contributed by atoms with Crippen molar-refractivity contribution in [3.05, 3.63) is 120 Å². The molecule has 0 radical (unpaired) electrons. The van der Waals surface area contributed by atoms with E-state index in [0.717, 1.165) is 72.6 Å². The van der Waals surface area contributed by atoms with Crippen molar-refractivity contribution in [2.24, 2.45) is 5.41 Å². The van der Waals surface area contributed by atoms with Gasteiger partial charge in [0.05, 0.1) is 16.8 Å². The average molecular weight is 664 g/mol. The van der Waals surface area contributed by atoms with Gasteiger partial charge >= 0.3 is 0 Å². The second-order valence-corrected chi connectivity index (χ2v) is 13.4. The number of imidazole rings is 1. The lowest BCUT2D eigenvalue weighted by atomic mass is 9.77. The zero-order valence-electron chi connectivity index (χ0n) is 27.6. The van der Waals surface area contributed by atoms with Gasteiger partial charge in [-0.25, -0.2) is 15.0 Å². The molecule has 3 aromatic heterocycles. The van der Waals surface area contributed by atoms with Crippen LogP contribution in [0, 0.1) is 5.41 Å². The van der Waals surface area contributed by atoms with Gasteiger partial charge in [0.15, 0.2) is 17.8 Å². The molecule has 250 valence electrons. The van der Waals surface area contributed by atoms with Gasteiger partial charge in [-0.2, -0.15) is 0 Å². The van der Waals surface area contributed by atoms with Gasteiger partial charge < -0.3 is 15.7 Å². The molecule has 2 aliphatic rings. The molecule has 10 nitrogen and oxygen atoms in total. The molecule has 2 saturated heterocycles. The lowest BCUT2D eigenvalue weighted by molar-refractivity contribution is 0.0714. The normalized spacial score (nSPS) is 15.9. The number of benzene rings is 3. The van der Waals surface area contributed by atoms with E-state index >= 15 is 0 Å². The Balaban J connectivity index is 0.988. The number of carbonyl (C=O) groups is 2. The monoisotopic (exact) mass is 663 g/mol. The average Bonchev–Trinajstić information content (AvgIpc) is 3.75. The van der Waals surface area contributed by atoms with Crippen LogP contribution in [-0.4, -0.2) is 72.8 Å². The minimum Gasteiger partial charge on any atom is -0.507 e. The summed E-state index contributed by atoms with van der Waals surface area (Å²) in [5.74, 6) is 0.907. The van der Waals surface area contributed by atoms with Gasteiger partial charge in [0.25, 0.3) is 5.91 Å². The molecule has 3 N–H and O–H groups in total. The summed E-state index contributed by atoms with van der Waals surface area (Å²) in [5.41, 5.74) is 13.4. The highest BCUT2D eigenvalue weighted by atomic mass is 16.3. The van der Waals surface area contributed by atoms with Gasteiger partial charge in [-0.1, -0.05) is 42.5 Å². The number of aromatic nitrogens is 4. The van der Waals surface area contributed by atoms with Gasteiger partial charge in [0.1, 0.15) is 17.1 Å². The first-order chi connectivity index (χ1) is 24.4. The van der Waals surface area contributed by atoms with Gasteiger partial charge in [-0.3, -0.25) is 19.1 Å². The van der Waals surface area contributed by atoms with Crippen LogP contribution in [0.2, 0.25) is 0 Å². The standard InChI is InChI=1S/C40H37N7O3/c41-36-32(7-4-19-42-36)37-44-34-14-13-33(28-5-2-1-3-6-28)43-38(34)47(37)31-11-8-27(9-12-31)24-45-20-16-40(17-21-45)18-22-46(26-40)39(50)29-10-15-35(49)30(23-29)25-48/h1-15,19,23,25,49H,16-18,20-22,24,26H2,(H2,41,42). The Morgan fingerprint density at radius 1 is 0.880 bits per heavy atom. The van der Waals surface area contributed by atoms with Crippen molar-refractivity contribution in [1.82, 2.24) is 29.3 Å². The highest BCUT2D eigenvalue weighted by Crippen LogP contribution is 2.41. The van der Waals surface area contributed by atoms with Crippen LogP contribution < -0.4 is 5.73 Å². The van der Waals surface area contributed by atoms with Crippen molar-refractivity contribution >= 4 is 29.2 Å². The summed E-state index contributed by atoms with van der Waals surface area (Å²) in [6, 6.07) is 31.0. The summed E-state index contributed by atoms with van der Waals surface area (Å²) in [6.45, 7) is 4.18. The zero-order valence-corrected chi connectivity index (χ0v) is 27.6. The maximum atomic E-state index is 13.2. The van der Waals surface area contributed by atoms with Crippen LogP contribution >= 0.6 is 0 Å². The van der Waals surface area contributed by atoms with Crippen LogP contribution in [0.5, 0.6) is 5.75 Å². The Morgan fingerprint density at radius 3 is 2.42 bits per heavy atom. The van der Waals surface area contributed by atoms with Crippen molar-refractivity contribution in [2.45, 2.75) is 25.8 Å². The topological polar surface area (TPSA) is 130 Å². The van der Waals surface area contributed by atoms with Crippen LogP contribution in [0.4, 0.5) is 5.82 Å². The fourth-order valence-electron chi connectivity index (χ4n) is 7.43. The maximum Gasteiger partial charge on any atom is 0.253 e. The number of phenols is 1. The Hall–Kier alpha value is -5.87. The number of amides is 1. The largest absolute Gasteiger partial charge is 0.507 e. The lowest BCUT2D eigenvalue weighted by Crippen LogP contribution is -2.42. The molecule has 6 aromatic rings. The van der Waals surface area contributed by atoms with Crippen LogP contribution in [0.1, 0.15) is 45.5 Å². The first kappa shape index (κ1) is 31.4. The predicted octanol–water partition coefficient (Wildman–Crippen LogP) is 6.38. The summed E-state index contributed by atoms with van der Waals surface area (Å²) in [6.07, 6.45) is 5.28. The van der Waals surface area contributed by atoms with Crippen molar-refractivity contribution < 1.29 is 14.7 Å². The number of fused-ring (bicyclic) bond motifs is 1. The molecule has 1 amide bonds. The fraction of sp³-hybridized carbons (Fsp3) is 0.225. The Kier molecular flexibility index (Phi) is 8.08. The number of pyridine rings is 2. The Bertz CT molecular complexity index is 2210. The molecule has 10 heteroatoms. The summed E-state index contributed by atoms with van der Waals surface area (Å²) < 4.78 is 2.06. The molecule has 3 aromatic carbocycles. The van der Waals surface area contributed by atoms with Gasteiger partial charge in [-0.15, -0.1) is 0 Å². The molecule has 0 bridgehead atoms. The number of aromatic hydroxyl groups is 1. The summed E-state index contributed by atoms with van der Waals surface area (Å²) in [5, 5.41) is 9.84. The molecule has 0 unspecified atom stereocenters. The SMILES string of the molecule is Nc1ncccc1-c1nc2ccc(-c3ccccc3)nc2n1-c1ccc(CN2CCC3(CC2)CCN(C(=O)c2ccc(O)c(C=O)c2)C3)cc1. The molecule has 0 atom stereocenters. The molecule has 0 aliphatic carbocycles. The number of carbonyl (C=O) groups excluding carboxylic acids is 2. The van der Waals surface area contributed by atoms with E-state index < -0.39 is 0 Å². The van der Waals surface area contributed by atoms with E-state index in [1.807, 2.05) is 47.4 Å². The highest BCUT2D eigenvalue weighted by molar-refractivity contribution is 5.96. The fourth-order valence-corrected chi connectivity index (χ4v) is 7.43. The van der Waals surface area contributed by atoms with E-state index in [9.17, 15) is 14.7 Å². The first-order valence-electron chi connectivity index (χ1n) is 16.9. The van der Waals surface area contributed by atoms with Gasteiger partial charge in [-0.05, 0) is 97.9 Å². The number of likely N-dealkylation sites (tertiary alicyclic amines) is 2. The van der Waals surface area contributed by atoms with Crippen LogP contribution in [0.3, 0.4) is 0 Å². The van der Waals surface area contributed by atoms with Gasteiger partial charge in [0.2, 0.25) is 0 Å². The maximum absolute atomic E-state index is 13.2. The van der Waals surface area contributed by atoms with Crippen LogP contribution in [0.15, 0.2) is 103 Å². The predicted molar refractivity (Wildman–Crippen MR) is 193 cm³/mol. The van der Waals surface area contributed by atoms with Crippen LogP contribution in [0.25, 0.3) is 39.5 Å². The Morgan fingerprint density at radius 2 is 1.66 bits per heavy atom. The van der Waals surface area contributed by atoms with Crippen molar-refractivity contribution in [1.29, 1.82) is 0 Å². The number of anilines is 1. The second kappa shape index (κ2) is 12.9. The number of hydrogen-bond donors (Lipinski definition) is 2. The number of piperidine rings is 1. The third-order valence-corrected chi connectivity index (χ3v) is 10.3. The van der Waals surface area contributed by atoms with E-state index in [-0.39, 0.29) is 22.6 Å². The minimum absolute atomic E-state index is 0.0842. The highest BCUT2D eigenvalue weighted by Gasteiger charge is 2.42. The van der Waals surface area contributed by atoms with Crippen molar-refractivity contribution in [3.63, 3.8) is 0 Å². The first-order valence-corrected chi connectivity index (χ1v) is 16.9. The van der Waals surface area contributed by atoms with Crippen LogP contribution in [-0.2, 0) is 6.54 Å². The zero-order chi connectivity index (χ0) is 34.2. The van der Waals surface area contributed by atoms with Gasteiger partial charge in [0, 0.05) is 42.6 Å². The van der Waals surface area contributed by atoms with E-state index in [1.165, 1.54) is 17.7 Å². The second-order valence-electron chi connectivity index (χ2n) is 13.4. The van der Waals surface area contributed by atoms with E-state index in [0.29, 0.717) is 36.6 Å². The summed E-state index contributed by atoms with van der Waals surface area (Å²) >= 11 is 0. The molecular formula is C40H37N7O3. The number of aldehydes is 1. The van der Waals surface area contributed by atoms with Crippen molar-refractivity contribution in [2.75, 3.05) is 31.9 Å². The Labute approximate surface area is 289 Å². The molecule has 8 rings (SSSR count). The molecule has 2 aliphatic heterocycles. The number of rotatable bonds is 7.